The smallest absolute Gasteiger partial charge is 0.252 e. The average molecular weight is 407 g/mol. The van der Waals surface area contributed by atoms with E-state index in [1.54, 1.807) is 6.20 Å². The number of likely N-dealkylation sites (tertiary alicyclic amines) is 1. The molecular formula is C24H30N4O2. The van der Waals surface area contributed by atoms with Crippen molar-refractivity contribution in [2.45, 2.75) is 63.1 Å². The second-order valence-electron chi connectivity index (χ2n) is 9.20. The maximum Gasteiger partial charge on any atom is 0.252 e. The summed E-state index contributed by atoms with van der Waals surface area (Å²) >= 11 is 0. The number of rotatable bonds is 8. The monoisotopic (exact) mass is 406 g/mol. The van der Waals surface area contributed by atoms with E-state index in [2.05, 4.69) is 20.5 Å². The van der Waals surface area contributed by atoms with Crippen molar-refractivity contribution < 1.29 is 9.59 Å². The Labute approximate surface area is 177 Å². The van der Waals surface area contributed by atoms with E-state index in [-0.39, 0.29) is 11.8 Å². The van der Waals surface area contributed by atoms with Crippen LogP contribution in [0.3, 0.4) is 0 Å². The highest BCUT2D eigenvalue weighted by molar-refractivity contribution is 5.97. The van der Waals surface area contributed by atoms with Crippen molar-refractivity contribution in [3.05, 3.63) is 42.1 Å². The van der Waals surface area contributed by atoms with Crippen LogP contribution in [0.15, 0.2) is 36.5 Å². The maximum absolute atomic E-state index is 12.7. The molecule has 2 saturated carbocycles. The van der Waals surface area contributed by atoms with Crippen LogP contribution in [0, 0.1) is 5.92 Å². The number of amides is 2. The van der Waals surface area contributed by atoms with E-state index in [1.165, 1.54) is 12.8 Å². The van der Waals surface area contributed by atoms with Crippen LogP contribution in [0.4, 0.5) is 0 Å². The summed E-state index contributed by atoms with van der Waals surface area (Å²) < 4.78 is 0. The second-order valence-corrected chi connectivity index (χ2v) is 9.20. The summed E-state index contributed by atoms with van der Waals surface area (Å²) in [7, 11) is 0. The number of carbonyl (C=O) groups excluding carboxylic acids is 2. The van der Waals surface area contributed by atoms with Gasteiger partial charge in [0.15, 0.2) is 0 Å². The van der Waals surface area contributed by atoms with Gasteiger partial charge in [0, 0.05) is 49.2 Å². The Balaban J connectivity index is 1.20. The molecule has 1 aromatic heterocycles. The lowest BCUT2D eigenvalue weighted by Crippen LogP contribution is -2.45. The molecule has 0 unspecified atom stereocenters. The van der Waals surface area contributed by atoms with Gasteiger partial charge in [-0.1, -0.05) is 18.2 Å². The van der Waals surface area contributed by atoms with Crippen molar-refractivity contribution in [2.24, 2.45) is 5.92 Å². The van der Waals surface area contributed by atoms with Gasteiger partial charge in [0.25, 0.3) is 5.91 Å². The largest absolute Gasteiger partial charge is 0.353 e. The van der Waals surface area contributed by atoms with Crippen molar-refractivity contribution in [3.63, 3.8) is 0 Å². The minimum atomic E-state index is -0.0745. The number of fused-ring (bicyclic) bond motifs is 1. The van der Waals surface area contributed by atoms with Gasteiger partial charge in [-0.15, -0.1) is 0 Å². The van der Waals surface area contributed by atoms with Crippen LogP contribution < -0.4 is 10.6 Å². The standard InChI is InChI=1S/C24H30N4O2/c29-23(27-19-7-8-19)12-20-9-10-21(28(20)15-16-5-6-16)14-26-24(30)18-11-17-3-1-2-4-22(17)25-13-18/h1-4,11,13,16,19-21H,5-10,12,14-15H2,(H,26,30)(H,27,29)/t20-,21+/m1/s1. The molecule has 6 heteroatoms. The number of hydrogen-bond donors (Lipinski definition) is 2. The minimum absolute atomic E-state index is 0.0745. The van der Waals surface area contributed by atoms with Crippen LogP contribution in [-0.2, 0) is 4.79 Å². The molecule has 1 aromatic carbocycles. The fourth-order valence-corrected chi connectivity index (χ4v) is 4.59. The van der Waals surface area contributed by atoms with E-state index >= 15 is 0 Å². The van der Waals surface area contributed by atoms with Gasteiger partial charge in [-0.3, -0.25) is 19.5 Å². The van der Waals surface area contributed by atoms with Crippen molar-refractivity contribution in [1.29, 1.82) is 0 Å². The summed E-state index contributed by atoms with van der Waals surface area (Å²) in [6.07, 6.45) is 9.13. The molecule has 30 heavy (non-hydrogen) atoms. The summed E-state index contributed by atoms with van der Waals surface area (Å²) in [4.78, 5) is 32.0. The first-order valence-corrected chi connectivity index (χ1v) is 11.3. The van der Waals surface area contributed by atoms with Gasteiger partial charge in [0.2, 0.25) is 5.91 Å². The fourth-order valence-electron chi connectivity index (χ4n) is 4.59. The molecule has 2 heterocycles. The molecule has 5 rings (SSSR count). The van der Waals surface area contributed by atoms with Gasteiger partial charge in [-0.2, -0.15) is 0 Å². The van der Waals surface area contributed by atoms with Crippen molar-refractivity contribution in [2.75, 3.05) is 13.1 Å². The maximum atomic E-state index is 12.7. The molecule has 0 radical (unpaired) electrons. The Morgan fingerprint density at radius 1 is 1.03 bits per heavy atom. The lowest BCUT2D eigenvalue weighted by Gasteiger charge is -2.30. The lowest BCUT2D eigenvalue weighted by molar-refractivity contribution is -0.122. The first kappa shape index (κ1) is 19.5. The predicted octanol–water partition coefficient (Wildman–Crippen LogP) is 2.88. The van der Waals surface area contributed by atoms with E-state index in [0.717, 1.165) is 49.0 Å². The highest BCUT2D eigenvalue weighted by atomic mass is 16.2. The van der Waals surface area contributed by atoms with Crippen LogP contribution in [0.25, 0.3) is 10.9 Å². The fraction of sp³-hybridized carbons (Fsp3) is 0.542. The molecule has 6 nitrogen and oxygen atoms in total. The summed E-state index contributed by atoms with van der Waals surface area (Å²) in [6.45, 7) is 1.68. The van der Waals surface area contributed by atoms with E-state index < -0.39 is 0 Å². The highest BCUT2D eigenvalue weighted by Crippen LogP contribution is 2.35. The van der Waals surface area contributed by atoms with Crippen LogP contribution in [0.5, 0.6) is 0 Å². The number of pyridine rings is 1. The SMILES string of the molecule is O=C(C[C@H]1CC[C@@H](CNC(=O)c2cnc3ccccc3c2)N1CC1CC1)NC1CC1. The molecule has 3 fully saturated rings. The van der Waals surface area contributed by atoms with Gasteiger partial charge in [0.1, 0.15) is 0 Å². The number of hydrogen-bond acceptors (Lipinski definition) is 4. The molecule has 2 aliphatic carbocycles. The van der Waals surface area contributed by atoms with Crippen molar-refractivity contribution in [3.8, 4) is 0 Å². The molecule has 1 aliphatic heterocycles. The second kappa shape index (κ2) is 8.34. The number of benzene rings is 1. The Hall–Kier alpha value is -2.47. The molecule has 2 amide bonds. The van der Waals surface area contributed by atoms with E-state index in [1.807, 2.05) is 30.3 Å². The van der Waals surface area contributed by atoms with Crippen LogP contribution in [0.1, 0.15) is 55.3 Å². The van der Waals surface area contributed by atoms with E-state index in [4.69, 9.17) is 0 Å². The van der Waals surface area contributed by atoms with Gasteiger partial charge in [0.05, 0.1) is 11.1 Å². The number of nitrogens with zero attached hydrogens (tertiary/aromatic N) is 2. The predicted molar refractivity (Wildman–Crippen MR) is 116 cm³/mol. The first-order chi connectivity index (χ1) is 14.7. The average Bonchev–Trinajstić information content (AvgIpc) is 3.68. The molecule has 158 valence electrons. The number of aromatic nitrogens is 1. The molecule has 2 aromatic rings. The molecule has 2 N–H and O–H groups in total. The first-order valence-electron chi connectivity index (χ1n) is 11.3. The highest BCUT2D eigenvalue weighted by Gasteiger charge is 2.38. The molecule has 0 spiro atoms. The van der Waals surface area contributed by atoms with E-state index in [0.29, 0.717) is 36.7 Å². The van der Waals surface area contributed by atoms with Crippen LogP contribution in [-0.4, -0.2) is 52.9 Å². The Morgan fingerprint density at radius 2 is 1.83 bits per heavy atom. The lowest BCUT2D eigenvalue weighted by atomic mass is 10.1. The summed E-state index contributed by atoms with van der Waals surface area (Å²) in [5.74, 6) is 0.879. The van der Waals surface area contributed by atoms with Crippen LogP contribution >= 0.6 is 0 Å². The zero-order chi connectivity index (χ0) is 20.5. The third-order valence-corrected chi connectivity index (χ3v) is 6.65. The number of nitrogens with one attached hydrogen (secondary N) is 2. The van der Waals surface area contributed by atoms with Crippen molar-refractivity contribution in [1.82, 2.24) is 20.5 Å². The molecule has 2 atom stereocenters. The third kappa shape index (κ3) is 4.64. The van der Waals surface area contributed by atoms with Gasteiger partial charge in [-0.25, -0.2) is 0 Å². The number of para-hydroxylation sites is 1. The quantitative estimate of drug-likeness (QED) is 0.707. The topological polar surface area (TPSA) is 74.3 Å². The third-order valence-electron chi connectivity index (χ3n) is 6.65. The summed E-state index contributed by atoms with van der Waals surface area (Å²) in [5, 5.41) is 7.23. The zero-order valence-electron chi connectivity index (χ0n) is 17.3. The molecular weight excluding hydrogens is 376 g/mol. The van der Waals surface area contributed by atoms with Gasteiger partial charge >= 0.3 is 0 Å². The Bertz CT molecular complexity index is 938. The molecule has 0 bridgehead atoms. The van der Waals surface area contributed by atoms with E-state index in [9.17, 15) is 9.59 Å². The van der Waals surface area contributed by atoms with Gasteiger partial charge in [-0.05, 0) is 56.6 Å². The van der Waals surface area contributed by atoms with Gasteiger partial charge < -0.3 is 10.6 Å². The summed E-state index contributed by atoms with van der Waals surface area (Å²) in [5.41, 5.74) is 1.49. The Kier molecular flexibility index (Phi) is 5.42. The van der Waals surface area contributed by atoms with Crippen LogP contribution in [0.2, 0.25) is 0 Å². The normalized spacial score (nSPS) is 24.1. The molecule has 3 aliphatic rings. The number of carbonyl (C=O) groups is 2. The summed E-state index contributed by atoms with van der Waals surface area (Å²) in [6, 6.07) is 10.8. The van der Waals surface area contributed by atoms with Crippen molar-refractivity contribution >= 4 is 22.7 Å². The molecule has 1 saturated heterocycles. The minimum Gasteiger partial charge on any atom is -0.353 e. The Morgan fingerprint density at radius 3 is 2.63 bits per heavy atom. The zero-order valence-corrected chi connectivity index (χ0v) is 17.3.